The first-order chi connectivity index (χ1) is 19.1. The molecule has 1 saturated carbocycles. The molecular formula is C28H30F3N3O6. The zero-order valence-corrected chi connectivity index (χ0v) is 22.0. The number of aryl methyl sites for hydroxylation is 1. The smallest absolute Gasteiger partial charge is 0.412 e. The van der Waals surface area contributed by atoms with Gasteiger partial charge in [-0.1, -0.05) is 6.42 Å². The Hall–Kier alpha value is -3.80. The Labute approximate surface area is 228 Å². The van der Waals surface area contributed by atoms with Crippen molar-refractivity contribution in [3.05, 3.63) is 53.1 Å². The van der Waals surface area contributed by atoms with E-state index in [0.717, 1.165) is 18.2 Å². The van der Waals surface area contributed by atoms with Crippen molar-refractivity contribution in [2.45, 2.75) is 70.2 Å². The molecule has 12 heteroatoms. The molecule has 9 nitrogen and oxygen atoms in total. The van der Waals surface area contributed by atoms with Crippen LogP contribution in [0.1, 0.15) is 68.1 Å². The van der Waals surface area contributed by atoms with E-state index in [4.69, 9.17) is 9.72 Å². The standard InChI is InChI=1S/C28H30F3N3O6/c1-14-6-8-18-20(33(14)28(37)38)9-10-21-23(18)32-25(34(21)17-5-3-4-15(12-17)26(36)39-2)24(35)19-13-16(29)7-11-22(19)40-27(30)31/h7,9-11,13-15,17,24,27,35H,3-6,8,12H2,1-2H3,(H,37,38)/t14?,15-,17-,24?/m1/s1. The van der Waals surface area contributed by atoms with Crippen LogP contribution in [0.15, 0.2) is 30.3 Å². The number of halogens is 3. The van der Waals surface area contributed by atoms with Gasteiger partial charge >= 0.3 is 18.7 Å². The molecule has 1 aromatic heterocycles. The Bertz CT molecular complexity index is 1440. The highest BCUT2D eigenvalue weighted by molar-refractivity contribution is 5.94. The topological polar surface area (TPSA) is 114 Å². The fourth-order valence-electron chi connectivity index (χ4n) is 6.14. The van der Waals surface area contributed by atoms with Crippen LogP contribution in [-0.2, 0) is 16.0 Å². The Morgan fingerprint density at radius 2 is 1.93 bits per heavy atom. The number of alkyl halides is 2. The zero-order valence-electron chi connectivity index (χ0n) is 22.0. The number of carbonyl (C=O) groups excluding carboxylic acids is 1. The van der Waals surface area contributed by atoms with Crippen LogP contribution in [0.25, 0.3) is 11.0 Å². The lowest BCUT2D eigenvalue weighted by atomic mass is 9.85. The Morgan fingerprint density at radius 1 is 1.15 bits per heavy atom. The molecule has 2 heterocycles. The van der Waals surface area contributed by atoms with E-state index < -0.39 is 30.4 Å². The van der Waals surface area contributed by atoms with Gasteiger partial charge in [-0.25, -0.2) is 14.2 Å². The molecule has 0 radical (unpaired) electrons. The Kier molecular flexibility index (Phi) is 7.63. The summed E-state index contributed by atoms with van der Waals surface area (Å²) in [6.07, 6.45) is 0.652. The third-order valence-electron chi connectivity index (χ3n) is 7.96. The van der Waals surface area contributed by atoms with Crippen LogP contribution < -0.4 is 9.64 Å². The van der Waals surface area contributed by atoms with Gasteiger partial charge < -0.3 is 24.3 Å². The summed E-state index contributed by atoms with van der Waals surface area (Å²) >= 11 is 0. The Morgan fingerprint density at radius 3 is 2.62 bits per heavy atom. The van der Waals surface area contributed by atoms with Gasteiger partial charge in [0.15, 0.2) is 0 Å². The summed E-state index contributed by atoms with van der Waals surface area (Å²) in [7, 11) is 1.32. The number of aromatic nitrogens is 2. The number of aliphatic hydroxyl groups is 1. The number of carboxylic acid groups (broad SMARTS) is 1. The number of rotatable bonds is 6. The summed E-state index contributed by atoms with van der Waals surface area (Å²) in [4.78, 5) is 30.5. The minimum atomic E-state index is -3.20. The number of imidazole rings is 1. The van der Waals surface area contributed by atoms with Gasteiger partial charge in [-0.05, 0) is 69.4 Å². The quantitative estimate of drug-likeness (QED) is 0.378. The van der Waals surface area contributed by atoms with Crippen molar-refractivity contribution in [2.24, 2.45) is 5.92 Å². The van der Waals surface area contributed by atoms with E-state index in [1.807, 2.05) is 6.92 Å². The van der Waals surface area contributed by atoms with Gasteiger partial charge in [0.2, 0.25) is 0 Å². The van der Waals surface area contributed by atoms with Gasteiger partial charge in [0.1, 0.15) is 23.5 Å². The molecule has 5 rings (SSSR count). The predicted molar refractivity (Wildman–Crippen MR) is 138 cm³/mol. The van der Waals surface area contributed by atoms with Crippen LogP contribution in [0, 0.1) is 11.7 Å². The number of hydrogen-bond acceptors (Lipinski definition) is 6. The monoisotopic (exact) mass is 561 g/mol. The first-order valence-electron chi connectivity index (χ1n) is 13.2. The number of amides is 1. The number of ether oxygens (including phenoxy) is 2. The van der Waals surface area contributed by atoms with Crippen molar-refractivity contribution in [2.75, 3.05) is 12.0 Å². The van der Waals surface area contributed by atoms with Crippen molar-refractivity contribution in [1.82, 2.24) is 9.55 Å². The molecule has 2 N–H and O–H groups in total. The Balaban J connectivity index is 1.71. The van der Waals surface area contributed by atoms with Gasteiger partial charge in [-0.2, -0.15) is 8.78 Å². The average molecular weight is 562 g/mol. The van der Waals surface area contributed by atoms with E-state index in [1.165, 1.54) is 12.0 Å². The lowest BCUT2D eigenvalue weighted by molar-refractivity contribution is -0.147. The van der Waals surface area contributed by atoms with Crippen molar-refractivity contribution >= 4 is 28.8 Å². The molecule has 2 aliphatic rings. The molecule has 40 heavy (non-hydrogen) atoms. The lowest BCUT2D eigenvalue weighted by Gasteiger charge is -2.33. The number of aliphatic hydroxyl groups excluding tert-OH is 1. The first kappa shape index (κ1) is 27.8. The molecule has 0 spiro atoms. The predicted octanol–water partition coefficient (Wildman–Crippen LogP) is 5.58. The molecule has 0 saturated heterocycles. The number of nitrogens with zero attached hydrogens (tertiary/aromatic N) is 3. The minimum absolute atomic E-state index is 0.0594. The number of benzene rings is 2. The molecule has 1 aliphatic heterocycles. The van der Waals surface area contributed by atoms with Gasteiger partial charge in [0.05, 0.1) is 29.7 Å². The van der Waals surface area contributed by atoms with Crippen molar-refractivity contribution < 1.29 is 42.4 Å². The lowest BCUT2D eigenvalue weighted by Crippen LogP contribution is -2.41. The molecule has 4 atom stereocenters. The maximum Gasteiger partial charge on any atom is 0.412 e. The van der Waals surface area contributed by atoms with Gasteiger partial charge in [0.25, 0.3) is 0 Å². The third-order valence-corrected chi connectivity index (χ3v) is 7.96. The van der Waals surface area contributed by atoms with Crippen molar-refractivity contribution in [3.63, 3.8) is 0 Å². The van der Waals surface area contributed by atoms with E-state index in [-0.39, 0.29) is 35.4 Å². The first-order valence-corrected chi connectivity index (χ1v) is 13.2. The molecule has 0 bridgehead atoms. The van der Waals surface area contributed by atoms with Gasteiger partial charge in [-0.3, -0.25) is 9.69 Å². The largest absolute Gasteiger partial charge is 0.469 e. The number of fused-ring (bicyclic) bond motifs is 3. The van der Waals surface area contributed by atoms with Crippen LogP contribution in [0.5, 0.6) is 5.75 Å². The minimum Gasteiger partial charge on any atom is -0.469 e. The summed E-state index contributed by atoms with van der Waals surface area (Å²) in [5.74, 6) is -1.84. The van der Waals surface area contributed by atoms with E-state index >= 15 is 0 Å². The number of methoxy groups -OCH3 is 1. The summed E-state index contributed by atoms with van der Waals surface area (Å²) in [6, 6.07) is 5.74. The maximum atomic E-state index is 14.3. The van der Waals surface area contributed by atoms with Gasteiger partial charge in [-0.15, -0.1) is 0 Å². The van der Waals surface area contributed by atoms with E-state index in [1.54, 1.807) is 16.7 Å². The highest BCUT2D eigenvalue weighted by Gasteiger charge is 2.36. The van der Waals surface area contributed by atoms with Crippen LogP contribution in [0.4, 0.5) is 23.7 Å². The van der Waals surface area contributed by atoms with Crippen molar-refractivity contribution in [1.29, 1.82) is 0 Å². The second-order valence-corrected chi connectivity index (χ2v) is 10.3. The summed E-state index contributed by atoms with van der Waals surface area (Å²) in [6.45, 7) is -1.39. The van der Waals surface area contributed by atoms with E-state index in [2.05, 4.69) is 4.74 Å². The zero-order chi connectivity index (χ0) is 28.7. The third kappa shape index (κ3) is 4.96. The number of carbonyl (C=O) groups is 2. The van der Waals surface area contributed by atoms with Crippen LogP contribution in [0.3, 0.4) is 0 Å². The van der Waals surface area contributed by atoms with Crippen molar-refractivity contribution in [3.8, 4) is 5.75 Å². The maximum absolute atomic E-state index is 14.3. The number of hydrogen-bond donors (Lipinski definition) is 2. The SMILES string of the molecule is COC(=O)[C@@H]1CCC[C@@H](n2c(C(O)c3cc(F)ccc3OC(F)F)nc3c4c(ccc32)N(C(=O)O)C(C)CC4)C1. The molecular weight excluding hydrogens is 531 g/mol. The average Bonchev–Trinajstić information content (AvgIpc) is 3.32. The van der Waals surface area contributed by atoms with Crippen LogP contribution in [0.2, 0.25) is 0 Å². The van der Waals surface area contributed by atoms with Crippen LogP contribution in [-0.4, -0.2) is 51.6 Å². The number of anilines is 1. The molecule has 2 unspecified atom stereocenters. The number of esters is 1. The second kappa shape index (κ2) is 11.0. The fraction of sp³-hybridized carbons (Fsp3) is 0.464. The molecule has 1 aliphatic carbocycles. The highest BCUT2D eigenvalue weighted by atomic mass is 19.3. The molecule has 214 valence electrons. The van der Waals surface area contributed by atoms with E-state index in [0.29, 0.717) is 60.8 Å². The molecule has 2 aromatic carbocycles. The summed E-state index contributed by atoms with van der Waals surface area (Å²) in [5.41, 5.74) is 1.97. The van der Waals surface area contributed by atoms with E-state index in [9.17, 15) is 33.0 Å². The summed E-state index contributed by atoms with van der Waals surface area (Å²) < 4.78 is 51.9. The fourth-order valence-corrected chi connectivity index (χ4v) is 6.14. The van der Waals surface area contributed by atoms with Gasteiger partial charge in [0, 0.05) is 23.2 Å². The van der Waals surface area contributed by atoms with Crippen LogP contribution >= 0.6 is 0 Å². The normalized spacial score (nSPS) is 21.8. The summed E-state index contributed by atoms with van der Waals surface area (Å²) in [5, 5.41) is 21.4. The molecule has 1 fully saturated rings. The highest BCUT2D eigenvalue weighted by Crippen LogP contribution is 2.43. The molecule has 1 amide bonds. The molecule has 3 aromatic rings. The second-order valence-electron chi connectivity index (χ2n) is 10.3.